The number of azo groups is 1. The molecule has 1 unspecified atom stereocenters. The summed E-state index contributed by atoms with van der Waals surface area (Å²) in [4.78, 5) is 14.1. The second kappa shape index (κ2) is 7.26. The van der Waals surface area contributed by atoms with E-state index >= 15 is 0 Å². The van der Waals surface area contributed by atoms with Gasteiger partial charge in [0.25, 0.3) is 5.56 Å². The molecule has 2 heterocycles. The molecule has 1 aliphatic rings. The number of benzene rings is 1. The van der Waals surface area contributed by atoms with E-state index in [0.29, 0.717) is 5.69 Å². The maximum absolute atomic E-state index is 12.3. The zero-order valence-electron chi connectivity index (χ0n) is 12.5. The topological polar surface area (TPSA) is 116 Å². The molecule has 3 N–H and O–H groups in total. The Balaban J connectivity index is 1.73. The van der Waals surface area contributed by atoms with Crippen molar-refractivity contribution in [2.75, 3.05) is 12.3 Å². The van der Waals surface area contributed by atoms with Gasteiger partial charge in [0.1, 0.15) is 5.50 Å². The summed E-state index contributed by atoms with van der Waals surface area (Å²) in [6.45, 7) is 0.774. The molecule has 0 amide bonds. The van der Waals surface area contributed by atoms with Gasteiger partial charge in [-0.05, 0) is 36.4 Å². The van der Waals surface area contributed by atoms with Crippen molar-refractivity contribution in [3.63, 3.8) is 0 Å². The Labute approximate surface area is 142 Å². The smallest absolute Gasteiger partial charge is 0.275 e. The molecule has 0 radical (unpaired) electrons. The number of aromatic nitrogens is 1. The lowest BCUT2D eigenvalue weighted by Gasteiger charge is -2.12. The fourth-order valence-electron chi connectivity index (χ4n) is 2.01. The van der Waals surface area contributed by atoms with Crippen LogP contribution in [0.5, 0.6) is 0 Å². The molecule has 1 aliphatic heterocycles. The van der Waals surface area contributed by atoms with Gasteiger partial charge < -0.3 is 4.98 Å². The number of thioether (sulfide) groups is 1. The van der Waals surface area contributed by atoms with Gasteiger partial charge in [0.15, 0.2) is 5.69 Å². The van der Waals surface area contributed by atoms with E-state index in [-0.39, 0.29) is 21.6 Å². The summed E-state index contributed by atoms with van der Waals surface area (Å²) in [5.74, 6) is 0.866. The molecule has 1 fully saturated rings. The summed E-state index contributed by atoms with van der Waals surface area (Å²) in [7, 11) is -3.59. The van der Waals surface area contributed by atoms with E-state index in [9.17, 15) is 13.2 Å². The lowest BCUT2D eigenvalue weighted by atomic mass is 10.3. The fraction of sp³-hybridized carbons (Fsp3) is 0.214. The predicted octanol–water partition coefficient (Wildman–Crippen LogP) is 1.69. The van der Waals surface area contributed by atoms with E-state index in [0.717, 1.165) is 12.3 Å². The molecular formula is C14H15N5O3S2. The SMILES string of the molecule is O=c1[nH]cccc1N=Nc1ccc(S(=O)(=O)NC2NCCS2)cc1. The standard InChI is InChI=1S/C14H15N5O3S2/c20-13-12(2-1-7-15-13)18-17-10-3-5-11(6-4-10)24(21,22)19-14-16-8-9-23-14/h1-7,14,16,19H,8-9H2,(H,15,20). The Hall–Kier alpha value is -2.01. The van der Waals surface area contributed by atoms with Crippen molar-refractivity contribution in [2.24, 2.45) is 10.2 Å². The third-order valence-corrected chi connectivity index (χ3v) is 5.84. The number of hydrogen-bond donors (Lipinski definition) is 3. The van der Waals surface area contributed by atoms with Gasteiger partial charge in [0, 0.05) is 18.5 Å². The van der Waals surface area contributed by atoms with Crippen LogP contribution in [-0.4, -0.2) is 31.2 Å². The Morgan fingerprint density at radius 3 is 2.62 bits per heavy atom. The number of hydrogen-bond acceptors (Lipinski definition) is 7. The number of pyridine rings is 1. The van der Waals surface area contributed by atoms with Crippen LogP contribution in [0.25, 0.3) is 0 Å². The third-order valence-electron chi connectivity index (χ3n) is 3.20. The number of aromatic amines is 1. The van der Waals surface area contributed by atoms with Crippen molar-refractivity contribution in [3.05, 3.63) is 52.9 Å². The molecule has 1 aromatic heterocycles. The molecule has 1 aromatic carbocycles. The summed E-state index contributed by atoms with van der Waals surface area (Å²) < 4.78 is 27.1. The number of rotatable bonds is 5. The molecule has 0 bridgehead atoms. The van der Waals surface area contributed by atoms with Gasteiger partial charge in [0.2, 0.25) is 10.0 Å². The number of nitrogens with zero attached hydrogens (tertiary/aromatic N) is 2. The lowest BCUT2D eigenvalue weighted by molar-refractivity contribution is 0.568. The van der Waals surface area contributed by atoms with Gasteiger partial charge >= 0.3 is 0 Å². The monoisotopic (exact) mass is 365 g/mol. The molecule has 8 nitrogen and oxygen atoms in total. The average Bonchev–Trinajstić information content (AvgIpc) is 3.07. The lowest BCUT2D eigenvalue weighted by Crippen LogP contribution is -2.39. The maximum atomic E-state index is 12.3. The van der Waals surface area contributed by atoms with Crippen LogP contribution in [0, 0.1) is 0 Å². The van der Waals surface area contributed by atoms with Crippen LogP contribution in [0.2, 0.25) is 0 Å². The van der Waals surface area contributed by atoms with Gasteiger partial charge in [0.05, 0.1) is 10.6 Å². The fourth-order valence-corrected chi connectivity index (χ4v) is 4.36. The van der Waals surface area contributed by atoms with Crippen molar-refractivity contribution in [1.82, 2.24) is 15.0 Å². The highest BCUT2D eigenvalue weighted by Gasteiger charge is 2.22. The second-order valence-corrected chi connectivity index (χ2v) is 7.83. The van der Waals surface area contributed by atoms with Crippen LogP contribution in [-0.2, 0) is 10.0 Å². The number of sulfonamides is 1. The zero-order valence-corrected chi connectivity index (χ0v) is 14.1. The van der Waals surface area contributed by atoms with E-state index in [1.165, 1.54) is 48.3 Å². The molecule has 0 aliphatic carbocycles. The van der Waals surface area contributed by atoms with Gasteiger partial charge in [-0.3, -0.25) is 10.1 Å². The van der Waals surface area contributed by atoms with E-state index in [2.05, 4.69) is 25.3 Å². The first kappa shape index (κ1) is 16.8. The first-order valence-corrected chi connectivity index (χ1v) is 9.65. The second-order valence-electron chi connectivity index (χ2n) is 4.90. The summed E-state index contributed by atoms with van der Waals surface area (Å²) >= 11 is 1.51. The molecule has 24 heavy (non-hydrogen) atoms. The highest BCUT2D eigenvalue weighted by molar-refractivity contribution is 8.01. The average molecular weight is 365 g/mol. The summed E-state index contributed by atoms with van der Waals surface area (Å²) in [5.41, 5.74) is -0.0175. The van der Waals surface area contributed by atoms with Crippen molar-refractivity contribution in [3.8, 4) is 0 Å². The van der Waals surface area contributed by atoms with Crippen LogP contribution in [0.15, 0.2) is 62.5 Å². The van der Waals surface area contributed by atoms with Gasteiger partial charge in [-0.2, -0.15) is 9.84 Å². The molecule has 0 saturated carbocycles. The molecule has 2 aromatic rings. The molecule has 0 spiro atoms. The summed E-state index contributed by atoms with van der Waals surface area (Å²) in [6.07, 6.45) is 1.51. The Morgan fingerprint density at radius 2 is 1.96 bits per heavy atom. The quantitative estimate of drug-likeness (QED) is 0.697. The molecule has 1 saturated heterocycles. The Morgan fingerprint density at radius 1 is 1.17 bits per heavy atom. The van der Waals surface area contributed by atoms with Gasteiger partial charge in [-0.1, -0.05) is 0 Å². The minimum atomic E-state index is -3.59. The largest absolute Gasteiger partial charge is 0.327 e. The highest BCUT2D eigenvalue weighted by Crippen LogP contribution is 2.20. The van der Waals surface area contributed by atoms with Crippen LogP contribution < -0.4 is 15.6 Å². The molecule has 3 rings (SSSR count). The van der Waals surface area contributed by atoms with E-state index in [1.54, 1.807) is 6.07 Å². The molecular weight excluding hydrogens is 350 g/mol. The molecule has 10 heteroatoms. The van der Waals surface area contributed by atoms with Gasteiger partial charge in [-0.15, -0.1) is 16.9 Å². The van der Waals surface area contributed by atoms with E-state index in [1.807, 2.05) is 0 Å². The van der Waals surface area contributed by atoms with Crippen molar-refractivity contribution < 1.29 is 8.42 Å². The first-order chi connectivity index (χ1) is 11.5. The maximum Gasteiger partial charge on any atom is 0.275 e. The number of nitrogens with one attached hydrogen (secondary N) is 3. The zero-order chi connectivity index (χ0) is 17.0. The van der Waals surface area contributed by atoms with Crippen LogP contribution in [0.4, 0.5) is 11.4 Å². The summed E-state index contributed by atoms with van der Waals surface area (Å²) in [5, 5.41) is 10.8. The Kier molecular flexibility index (Phi) is 5.09. The predicted molar refractivity (Wildman–Crippen MR) is 92.3 cm³/mol. The van der Waals surface area contributed by atoms with Crippen LogP contribution in [0.1, 0.15) is 0 Å². The van der Waals surface area contributed by atoms with E-state index in [4.69, 9.17) is 0 Å². The van der Waals surface area contributed by atoms with Crippen molar-refractivity contribution in [1.29, 1.82) is 0 Å². The van der Waals surface area contributed by atoms with Crippen molar-refractivity contribution in [2.45, 2.75) is 10.4 Å². The van der Waals surface area contributed by atoms with E-state index < -0.39 is 10.0 Å². The Bertz CT molecular complexity index is 887. The van der Waals surface area contributed by atoms with Gasteiger partial charge in [-0.25, -0.2) is 8.42 Å². The minimum Gasteiger partial charge on any atom is -0.327 e. The third kappa shape index (κ3) is 4.09. The molecule has 126 valence electrons. The van der Waals surface area contributed by atoms with Crippen molar-refractivity contribution >= 4 is 33.2 Å². The van der Waals surface area contributed by atoms with Crippen LogP contribution >= 0.6 is 11.8 Å². The summed E-state index contributed by atoms with van der Waals surface area (Å²) in [6, 6.07) is 9.15. The minimum absolute atomic E-state index is 0.147. The molecule has 1 atom stereocenters. The number of H-pyrrole nitrogens is 1. The van der Waals surface area contributed by atoms with Crippen LogP contribution in [0.3, 0.4) is 0 Å². The normalized spacial score (nSPS) is 18.2. The highest BCUT2D eigenvalue weighted by atomic mass is 32.2. The first-order valence-electron chi connectivity index (χ1n) is 7.11.